The van der Waals surface area contributed by atoms with Crippen molar-refractivity contribution in [2.24, 2.45) is 0 Å². The number of aromatic hydroxyl groups is 1. The monoisotopic (exact) mass is 782 g/mol. The van der Waals surface area contributed by atoms with Gasteiger partial charge in [-0.2, -0.15) is 5.26 Å². The van der Waals surface area contributed by atoms with Crippen molar-refractivity contribution in [2.75, 3.05) is 0 Å². The van der Waals surface area contributed by atoms with Gasteiger partial charge in [-0.25, -0.2) is 9.78 Å². The summed E-state index contributed by atoms with van der Waals surface area (Å²) in [6.07, 6.45) is 1.54. The second-order valence-electron chi connectivity index (χ2n) is 16.2. The Bertz CT molecular complexity index is 3140. The van der Waals surface area contributed by atoms with Gasteiger partial charge >= 0.3 is 5.97 Å². The number of carbonyl (C=O) groups excluding carboxylic acids is 1. The number of hydrogen-bond acceptors (Lipinski definition) is 6. The molecule has 0 saturated carbocycles. The van der Waals surface area contributed by atoms with Gasteiger partial charge in [0.25, 0.3) is 0 Å². The Labute approximate surface area is 352 Å². The molecule has 0 amide bonds. The maximum atomic E-state index is 12.2. The minimum absolute atomic E-state index is 0.0360. The van der Waals surface area contributed by atoms with Crippen LogP contribution in [0.5, 0.6) is 5.75 Å². The van der Waals surface area contributed by atoms with E-state index in [-0.39, 0.29) is 16.7 Å². The summed E-state index contributed by atoms with van der Waals surface area (Å²) >= 11 is 0. The van der Waals surface area contributed by atoms with Gasteiger partial charge in [0.1, 0.15) is 11.6 Å². The summed E-state index contributed by atoms with van der Waals surface area (Å²) in [4.78, 5) is 26.1. The van der Waals surface area contributed by atoms with Crippen LogP contribution in [0.4, 0.5) is 0 Å². The summed E-state index contributed by atoms with van der Waals surface area (Å²) in [5.74, 6) is -1.67. The number of benzene rings is 6. The van der Waals surface area contributed by atoms with Crippen LogP contribution in [0.1, 0.15) is 80.0 Å². The standard InChI is InChI=1S/C52H47N3O4/c1-31(2)38-24-39(34-12-9-8-10-13-34)29-43(28-38)55-47-15-11-14-44(48(47)54-50(55)45-23-32(3)22-33(4)49(45)56)40-25-41(27-42(26-40)52(5,6)7)46-30-37(20-21-53-46)35-16-18-36(19-17-35)51(57)59-58/h8-31,56,58H,1-7H3/i16D,17D,18D,19D,31D. The number of phenols is 1. The molecule has 2 heterocycles. The molecule has 0 aliphatic carbocycles. The Balaban J connectivity index is 1.38. The summed E-state index contributed by atoms with van der Waals surface area (Å²) in [7, 11) is 0. The molecule has 0 radical (unpaired) electrons. The zero-order chi connectivity index (χ0) is 46.0. The average molecular weight is 783 g/mol. The summed E-state index contributed by atoms with van der Waals surface area (Å²) in [6, 6.07) is 33.4. The molecule has 8 rings (SSSR count). The highest BCUT2D eigenvalue weighted by atomic mass is 17.1. The van der Waals surface area contributed by atoms with Gasteiger partial charge in [0.05, 0.1) is 33.3 Å². The van der Waals surface area contributed by atoms with Crippen LogP contribution in [-0.2, 0) is 10.3 Å². The second kappa shape index (κ2) is 15.5. The Hall–Kier alpha value is -6.83. The number of phenolic OH excluding ortho intramolecular Hbond substituents is 1. The highest BCUT2D eigenvalue weighted by Gasteiger charge is 2.24. The Morgan fingerprint density at radius 3 is 2.22 bits per heavy atom. The SMILES string of the molecule is [2H]c1c([2H])c(-c2ccnc(-c3cc(-c4cccc5c4nc(-c4cc(C)cc(C)c4O)n5-c4cc(-c5ccccc5)cc(C([2H])(C)C)c4)cc(C(C)(C)C)c3)c2)c([2H])c([2H])c1C(=O)OO. The first-order valence-electron chi connectivity index (χ1n) is 21.9. The molecule has 0 aliphatic heterocycles. The van der Waals surface area contributed by atoms with E-state index in [1.54, 1.807) is 12.1 Å². The zero-order valence-corrected chi connectivity index (χ0v) is 34.0. The molecule has 8 aromatic rings. The maximum Gasteiger partial charge on any atom is 0.372 e. The van der Waals surface area contributed by atoms with Crippen LogP contribution < -0.4 is 0 Å². The van der Waals surface area contributed by atoms with Crippen LogP contribution in [0.15, 0.2) is 140 Å². The molecule has 0 aliphatic rings. The van der Waals surface area contributed by atoms with Crippen LogP contribution in [0.2, 0.25) is 0 Å². The molecule has 0 fully saturated rings. The van der Waals surface area contributed by atoms with Crippen LogP contribution in [-0.4, -0.2) is 30.9 Å². The van der Waals surface area contributed by atoms with E-state index in [1.165, 1.54) is 6.20 Å². The average Bonchev–Trinajstić information content (AvgIpc) is 3.66. The van der Waals surface area contributed by atoms with Crippen molar-refractivity contribution >= 4 is 17.0 Å². The second-order valence-corrected chi connectivity index (χ2v) is 16.2. The maximum absolute atomic E-state index is 12.2. The lowest BCUT2D eigenvalue weighted by molar-refractivity contribution is -0.182. The number of carbonyl (C=O) groups is 1. The predicted molar refractivity (Wildman–Crippen MR) is 238 cm³/mol. The van der Waals surface area contributed by atoms with E-state index in [0.717, 1.165) is 55.7 Å². The van der Waals surface area contributed by atoms with E-state index in [0.29, 0.717) is 33.7 Å². The van der Waals surface area contributed by atoms with Crippen LogP contribution >= 0.6 is 0 Å². The molecule has 2 aromatic heterocycles. The lowest BCUT2D eigenvalue weighted by atomic mass is 9.83. The smallest absolute Gasteiger partial charge is 0.372 e. The molecule has 2 N–H and O–H groups in total. The predicted octanol–water partition coefficient (Wildman–Crippen LogP) is 13.1. The summed E-state index contributed by atoms with van der Waals surface area (Å²) < 4.78 is 45.6. The van der Waals surface area contributed by atoms with Crippen LogP contribution in [0, 0.1) is 13.8 Å². The van der Waals surface area contributed by atoms with Crippen molar-refractivity contribution in [3.63, 3.8) is 0 Å². The first-order valence-corrected chi connectivity index (χ1v) is 19.4. The number of pyridine rings is 1. The van der Waals surface area contributed by atoms with Crippen molar-refractivity contribution in [2.45, 2.75) is 59.8 Å². The topological polar surface area (TPSA) is 97.5 Å². The van der Waals surface area contributed by atoms with Gasteiger partial charge in [-0.3, -0.25) is 14.4 Å². The summed E-state index contributed by atoms with van der Waals surface area (Å²) in [5.41, 5.74) is 10.4. The number of hydrogen-bond donors (Lipinski definition) is 2. The van der Waals surface area contributed by atoms with Gasteiger partial charge in [0, 0.05) is 24.4 Å². The van der Waals surface area contributed by atoms with Gasteiger partial charge in [0.2, 0.25) is 0 Å². The summed E-state index contributed by atoms with van der Waals surface area (Å²) in [5, 5.41) is 20.7. The van der Waals surface area contributed by atoms with Gasteiger partial charge in [-0.15, -0.1) is 0 Å². The fourth-order valence-electron chi connectivity index (χ4n) is 7.44. The van der Waals surface area contributed by atoms with Gasteiger partial charge in [-0.05, 0) is 136 Å². The first kappa shape index (κ1) is 33.2. The van der Waals surface area contributed by atoms with Crippen molar-refractivity contribution in [3.05, 3.63) is 167 Å². The minimum atomic E-state index is -1.38. The lowest BCUT2D eigenvalue weighted by Gasteiger charge is -2.22. The number of aryl methyl sites for hydroxylation is 2. The van der Waals surface area contributed by atoms with E-state index < -0.39 is 41.6 Å². The Kier molecular flexibility index (Phi) is 8.71. The fourth-order valence-corrected chi connectivity index (χ4v) is 7.44. The van der Waals surface area contributed by atoms with Crippen molar-refractivity contribution in [1.29, 1.82) is 0 Å². The van der Waals surface area contributed by atoms with E-state index in [1.807, 2.05) is 107 Å². The number of rotatable bonds is 8. The number of nitrogens with zero attached hydrogens (tertiary/aromatic N) is 3. The molecule has 0 saturated heterocycles. The minimum Gasteiger partial charge on any atom is -0.507 e. The molecule has 0 unspecified atom stereocenters. The van der Waals surface area contributed by atoms with Crippen LogP contribution in [0.3, 0.4) is 0 Å². The fraction of sp³-hybridized carbons (Fsp3) is 0.173. The van der Waals surface area contributed by atoms with E-state index in [2.05, 4.69) is 48.4 Å². The van der Waals surface area contributed by atoms with Gasteiger partial charge in [-0.1, -0.05) is 107 Å². The van der Waals surface area contributed by atoms with Gasteiger partial charge < -0.3 is 5.11 Å². The number of imidazole rings is 1. The van der Waals surface area contributed by atoms with Crippen molar-refractivity contribution in [3.8, 4) is 67.5 Å². The Morgan fingerprint density at radius 2 is 1.51 bits per heavy atom. The number of fused-ring (bicyclic) bond motifs is 1. The molecule has 59 heavy (non-hydrogen) atoms. The Morgan fingerprint density at radius 1 is 0.763 bits per heavy atom. The first-order chi connectivity index (χ1) is 30.3. The lowest BCUT2D eigenvalue weighted by Crippen LogP contribution is -2.11. The normalized spacial score (nSPS) is 13.1. The third kappa shape index (κ3) is 7.65. The van der Waals surface area contributed by atoms with E-state index >= 15 is 0 Å². The molecule has 0 bridgehead atoms. The van der Waals surface area contributed by atoms with E-state index in [9.17, 15) is 9.90 Å². The highest BCUT2D eigenvalue weighted by Crippen LogP contribution is 2.42. The highest BCUT2D eigenvalue weighted by molar-refractivity contribution is 5.97. The quantitative estimate of drug-likeness (QED) is 0.118. The molecule has 0 atom stereocenters. The molecule has 0 spiro atoms. The van der Waals surface area contributed by atoms with Crippen molar-refractivity contribution < 1.29 is 26.9 Å². The molecule has 6 aromatic carbocycles. The largest absolute Gasteiger partial charge is 0.507 e. The summed E-state index contributed by atoms with van der Waals surface area (Å²) in [6.45, 7) is 14.0. The van der Waals surface area contributed by atoms with Crippen molar-refractivity contribution in [1.82, 2.24) is 14.5 Å². The van der Waals surface area contributed by atoms with Gasteiger partial charge in [0.15, 0.2) is 0 Å². The zero-order valence-electron chi connectivity index (χ0n) is 39.0. The third-order valence-corrected chi connectivity index (χ3v) is 10.6. The number of para-hydroxylation sites is 1. The van der Waals surface area contributed by atoms with E-state index in [4.69, 9.17) is 22.1 Å². The molecular weight excluding hydrogens is 731 g/mol. The number of aromatic nitrogens is 3. The molecular formula is C52H47N3O4. The molecule has 294 valence electrons. The van der Waals surface area contributed by atoms with Crippen LogP contribution in [0.25, 0.3) is 72.7 Å². The molecule has 7 nitrogen and oxygen atoms in total. The molecule has 7 heteroatoms. The third-order valence-electron chi connectivity index (χ3n) is 10.6.